The molecule has 0 amide bonds. The van der Waals surface area contributed by atoms with Crippen LogP contribution < -0.4 is 0 Å². The molecule has 2 heteroatoms. The van der Waals surface area contributed by atoms with E-state index in [1.165, 1.54) is 12.7 Å². The molecule has 0 saturated carbocycles. The Labute approximate surface area is 90.3 Å². The number of carbonyl (C=O) groups is 1. The number of hydrogen-bond acceptors (Lipinski definition) is 2. The predicted octanol–water partition coefficient (Wildman–Crippen LogP) is 2.31. The van der Waals surface area contributed by atoms with Gasteiger partial charge in [-0.05, 0) is 23.5 Å². The highest BCUT2D eigenvalue weighted by molar-refractivity contribution is 5.87. The molecule has 1 aliphatic carbocycles. The number of fused-ring (bicyclic) bond motifs is 1. The average Bonchev–Trinajstić information content (AvgIpc) is 2.19. The van der Waals surface area contributed by atoms with Crippen LogP contribution in [0.5, 0.6) is 0 Å². The first-order valence-corrected chi connectivity index (χ1v) is 5.29. The van der Waals surface area contributed by atoms with Gasteiger partial charge in [0.05, 0.1) is 12.5 Å². The minimum Gasteiger partial charge on any atom is -0.468 e. The second-order valence-electron chi connectivity index (χ2n) is 4.45. The quantitative estimate of drug-likeness (QED) is 0.691. The van der Waals surface area contributed by atoms with Gasteiger partial charge in [-0.15, -0.1) is 0 Å². The van der Waals surface area contributed by atoms with Crippen LogP contribution in [0.4, 0.5) is 0 Å². The molecule has 1 aromatic carbocycles. The fourth-order valence-electron chi connectivity index (χ4n) is 2.51. The lowest BCUT2D eigenvalue weighted by molar-refractivity contribution is -0.150. The number of rotatable bonds is 2. The van der Waals surface area contributed by atoms with Crippen LogP contribution in [-0.4, -0.2) is 13.1 Å². The van der Waals surface area contributed by atoms with E-state index in [1.54, 1.807) is 0 Å². The summed E-state index contributed by atoms with van der Waals surface area (Å²) in [6.45, 7) is 4.15. The van der Waals surface area contributed by atoms with E-state index in [4.69, 9.17) is 4.74 Å². The van der Waals surface area contributed by atoms with Crippen LogP contribution >= 0.6 is 0 Å². The van der Waals surface area contributed by atoms with Crippen molar-refractivity contribution in [2.24, 2.45) is 5.92 Å². The molecule has 2 rings (SSSR count). The van der Waals surface area contributed by atoms with Gasteiger partial charge in [0, 0.05) is 0 Å². The molecule has 0 heterocycles. The van der Waals surface area contributed by atoms with E-state index < -0.39 is 5.41 Å². The van der Waals surface area contributed by atoms with Crippen molar-refractivity contribution < 1.29 is 9.53 Å². The number of esters is 1. The first-order valence-electron chi connectivity index (χ1n) is 5.29. The first-order chi connectivity index (χ1) is 7.13. The lowest BCUT2D eigenvalue weighted by Gasteiger charge is -2.44. The van der Waals surface area contributed by atoms with Crippen molar-refractivity contribution in [1.82, 2.24) is 0 Å². The molecule has 0 saturated heterocycles. The van der Waals surface area contributed by atoms with Crippen LogP contribution in [0.1, 0.15) is 25.0 Å². The van der Waals surface area contributed by atoms with E-state index in [9.17, 15) is 4.79 Å². The molecule has 0 radical (unpaired) electrons. The third-order valence-electron chi connectivity index (χ3n) is 3.50. The van der Waals surface area contributed by atoms with Gasteiger partial charge in [0.25, 0.3) is 0 Å². The molecule has 0 fully saturated rings. The lowest BCUT2D eigenvalue weighted by atomic mass is 9.58. The highest BCUT2D eigenvalue weighted by atomic mass is 16.5. The third kappa shape index (κ3) is 1.21. The van der Waals surface area contributed by atoms with Crippen molar-refractivity contribution in [3.8, 4) is 0 Å². The first kappa shape index (κ1) is 10.2. The van der Waals surface area contributed by atoms with Crippen LogP contribution in [0.2, 0.25) is 0 Å². The van der Waals surface area contributed by atoms with Gasteiger partial charge in [-0.3, -0.25) is 4.79 Å². The maximum Gasteiger partial charge on any atom is 0.316 e. The van der Waals surface area contributed by atoms with Crippen molar-refractivity contribution in [2.75, 3.05) is 7.11 Å². The van der Waals surface area contributed by atoms with E-state index in [1.807, 2.05) is 18.2 Å². The minimum atomic E-state index is -0.397. The SMILES string of the molecule is COC(=O)C1(C(C)C)Cc2ccccc21. The second kappa shape index (κ2) is 3.37. The third-order valence-corrected chi connectivity index (χ3v) is 3.50. The van der Waals surface area contributed by atoms with Crippen LogP contribution in [0.3, 0.4) is 0 Å². The number of methoxy groups -OCH3 is 1. The molecule has 1 aromatic rings. The summed E-state index contributed by atoms with van der Waals surface area (Å²) in [6, 6.07) is 8.12. The molecule has 0 aromatic heterocycles. The molecular formula is C13H16O2. The summed E-state index contributed by atoms with van der Waals surface area (Å²) in [5.74, 6) is 0.177. The number of carbonyl (C=O) groups excluding carboxylic acids is 1. The predicted molar refractivity (Wildman–Crippen MR) is 58.7 cm³/mol. The van der Waals surface area contributed by atoms with Crippen LogP contribution in [0.15, 0.2) is 24.3 Å². The number of ether oxygens (including phenoxy) is 1. The normalized spacial score (nSPS) is 23.2. The Morgan fingerprint density at radius 1 is 1.40 bits per heavy atom. The van der Waals surface area contributed by atoms with Gasteiger partial charge in [0.15, 0.2) is 0 Å². The summed E-state index contributed by atoms with van der Waals surface area (Å²) in [6.07, 6.45) is 0.813. The van der Waals surface area contributed by atoms with Gasteiger partial charge in [0.2, 0.25) is 0 Å². The highest BCUT2D eigenvalue weighted by Crippen LogP contribution is 2.47. The Balaban J connectivity index is 2.47. The van der Waals surface area contributed by atoms with Gasteiger partial charge in [-0.2, -0.15) is 0 Å². The molecule has 0 spiro atoms. The van der Waals surface area contributed by atoms with Crippen molar-refractivity contribution >= 4 is 5.97 Å². The zero-order valence-corrected chi connectivity index (χ0v) is 9.41. The van der Waals surface area contributed by atoms with Crippen molar-refractivity contribution in [2.45, 2.75) is 25.7 Å². The van der Waals surface area contributed by atoms with E-state index in [2.05, 4.69) is 19.9 Å². The topological polar surface area (TPSA) is 26.3 Å². The molecule has 80 valence electrons. The fraction of sp³-hybridized carbons (Fsp3) is 0.462. The summed E-state index contributed by atoms with van der Waals surface area (Å²) in [5.41, 5.74) is 2.02. The summed E-state index contributed by atoms with van der Waals surface area (Å²) in [7, 11) is 1.47. The van der Waals surface area contributed by atoms with Gasteiger partial charge >= 0.3 is 5.97 Å². The Morgan fingerprint density at radius 2 is 2.07 bits per heavy atom. The zero-order valence-electron chi connectivity index (χ0n) is 9.41. The molecule has 0 bridgehead atoms. The van der Waals surface area contributed by atoms with Crippen LogP contribution in [0.25, 0.3) is 0 Å². The average molecular weight is 204 g/mol. The Morgan fingerprint density at radius 3 is 2.60 bits per heavy atom. The van der Waals surface area contributed by atoms with E-state index >= 15 is 0 Å². The Bertz CT molecular complexity index is 395. The Hall–Kier alpha value is -1.31. The summed E-state index contributed by atoms with van der Waals surface area (Å²) in [5, 5.41) is 0. The molecule has 0 N–H and O–H groups in total. The van der Waals surface area contributed by atoms with Gasteiger partial charge in [-0.1, -0.05) is 38.1 Å². The van der Waals surface area contributed by atoms with E-state index in [-0.39, 0.29) is 11.9 Å². The molecule has 15 heavy (non-hydrogen) atoms. The van der Waals surface area contributed by atoms with Crippen molar-refractivity contribution in [3.63, 3.8) is 0 Å². The standard InChI is InChI=1S/C13H16O2/c1-9(2)13(12(14)15-3)8-10-6-4-5-7-11(10)13/h4-7,9H,8H2,1-3H3. The largest absolute Gasteiger partial charge is 0.468 e. The Kier molecular flexibility index (Phi) is 2.29. The maximum absolute atomic E-state index is 11.9. The smallest absolute Gasteiger partial charge is 0.316 e. The van der Waals surface area contributed by atoms with Crippen molar-refractivity contribution in [3.05, 3.63) is 35.4 Å². The molecule has 1 atom stereocenters. The van der Waals surface area contributed by atoms with Gasteiger partial charge in [0.1, 0.15) is 0 Å². The van der Waals surface area contributed by atoms with Crippen molar-refractivity contribution in [1.29, 1.82) is 0 Å². The molecule has 2 nitrogen and oxygen atoms in total. The molecule has 1 unspecified atom stereocenters. The molecule has 0 aliphatic heterocycles. The van der Waals surface area contributed by atoms with Crippen LogP contribution in [0, 0.1) is 5.92 Å². The lowest BCUT2D eigenvalue weighted by Crippen LogP contribution is -2.50. The maximum atomic E-state index is 11.9. The summed E-state index contributed by atoms with van der Waals surface area (Å²) in [4.78, 5) is 11.9. The fourth-order valence-corrected chi connectivity index (χ4v) is 2.51. The summed E-state index contributed by atoms with van der Waals surface area (Å²) >= 11 is 0. The van der Waals surface area contributed by atoms with Gasteiger partial charge < -0.3 is 4.74 Å². The monoisotopic (exact) mass is 204 g/mol. The number of hydrogen-bond donors (Lipinski definition) is 0. The van der Waals surface area contributed by atoms with Crippen LogP contribution in [-0.2, 0) is 21.4 Å². The second-order valence-corrected chi connectivity index (χ2v) is 4.45. The number of benzene rings is 1. The molecular weight excluding hydrogens is 188 g/mol. The minimum absolute atomic E-state index is 0.101. The molecule has 1 aliphatic rings. The highest BCUT2D eigenvalue weighted by Gasteiger charge is 2.51. The van der Waals surface area contributed by atoms with E-state index in [0.29, 0.717) is 0 Å². The van der Waals surface area contributed by atoms with Gasteiger partial charge in [-0.25, -0.2) is 0 Å². The zero-order chi connectivity index (χ0) is 11.1. The van der Waals surface area contributed by atoms with E-state index in [0.717, 1.165) is 12.0 Å². The summed E-state index contributed by atoms with van der Waals surface area (Å²) < 4.78 is 4.94.